The lowest BCUT2D eigenvalue weighted by atomic mass is 9.93. The topological polar surface area (TPSA) is 16.4 Å². The number of anilines is 3. The van der Waals surface area contributed by atoms with Crippen molar-refractivity contribution in [1.29, 1.82) is 0 Å². The zero-order valence-corrected chi connectivity index (χ0v) is 30.6. The Balaban J connectivity index is 1.22. The monoisotopic (exact) mass is 719 g/mol. The summed E-state index contributed by atoms with van der Waals surface area (Å²) >= 11 is 1.85. The fourth-order valence-corrected chi connectivity index (χ4v) is 9.48. The van der Waals surface area contributed by atoms with Gasteiger partial charge in [-0.25, -0.2) is 0 Å². The fourth-order valence-electron chi connectivity index (χ4n) is 8.34. The number of para-hydroxylation sites is 3. The quantitative estimate of drug-likeness (QED) is 0.170. The van der Waals surface area contributed by atoms with Gasteiger partial charge >= 0.3 is 0 Å². The van der Waals surface area contributed by atoms with Crippen LogP contribution in [-0.4, -0.2) is 0 Å². The predicted molar refractivity (Wildman–Crippen MR) is 235 cm³/mol. The van der Waals surface area contributed by atoms with Gasteiger partial charge in [0.2, 0.25) is 0 Å². The van der Waals surface area contributed by atoms with Crippen molar-refractivity contribution < 1.29 is 4.42 Å². The first-order valence-corrected chi connectivity index (χ1v) is 19.5. The number of nitrogens with zero attached hydrogens (tertiary/aromatic N) is 1. The van der Waals surface area contributed by atoms with Crippen molar-refractivity contribution in [2.75, 3.05) is 4.90 Å². The maximum Gasteiger partial charge on any atom is 0.143 e. The first-order chi connectivity index (χ1) is 27.3. The number of furan rings is 1. The number of benzene rings is 9. The Kier molecular flexibility index (Phi) is 7.39. The van der Waals surface area contributed by atoms with Crippen molar-refractivity contribution in [3.8, 4) is 33.4 Å². The second-order valence-electron chi connectivity index (χ2n) is 14.0. The number of rotatable bonds is 6. The van der Waals surface area contributed by atoms with Crippen molar-refractivity contribution in [2.45, 2.75) is 0 Å². The van der Waals surface area contributed by atoms with Gasteiger partial charge in [-0.2, -0.15) is 0 Å². The summed E-state index contributed by atoms with van der Waals surface area (Å²) < 4.78 is 9.22. The van der Waals surface area contributed by atoms with Crippen LogP contribution in [0.25, 0.3) is 86.3 Å². The molecule has 55 heavy (non-hydrogen) atoms. The van der Waals surface area contributed by atoms with Gasteiger partial charge in [-0.05, 0) is 63.9 Å². The minimum Gasteiger partial charge on any atom is -0.455 e. The average molecular weight is 720 g/mol. The molecule has 0 fully saturated rings. The van der Waals surface area contributed by atoms with E-state index < -0.39 is 0 Å². The molecular formula is C52H33NOS. The second kappa shape index (κ2) is 12.9. The molecule has 0 N–H and O–H groups in total. The van der Waals surface area contributed by atoms with E-state index in [0.717, 1.165) is 66.8 Å². The molecule has 11 aromatic rings. The van der Waals surface area contributed by atoms with Gasteiger partial charge in [-0.1, -0.05) is 164 Å². The Bertz CT molecular complexity index is 3220. The Morgan fingerprint density at radius 1 is 0.364 bits per heavy atom. The molecule has 2 aromatic heterocycles. The zero-order valence-electron chi connectivity index (χ0n) is 29.8. The summed E-state index contributed by atoms with van der Waals surface area (Å²) in [5, 5.41) is 7.27. The van der Waals surface area contributed by atoms with Crippen LogP contribution in [0.1, 0.15) is 0 Å². The third kappa shape index (κ3) is 5.24. The number of hydrogen-bond donors (Lipinski definition) is 0. The van der Waals surface area contributed by atoms with E-state index in [1.54, 1.807) is 0 Å². The summed E-state index contributed by atoms with van der Waals surface area (Å²) in [5.41, 5.74) is 11.9. The number of fused-ring (bicyclic) bond motifs is 7. The third-order valence-electron chi connectivity index (χ3n) is 10.9. The molecule has 9 aromatic carbocycles. The van der Waals surface area contributed by atoms with Gasteiger partial charge in [0.15, 0.2) is 0 Å². The van der Waals surface area contributed by atoms with Gasteiger partial charge < -0.3 is 9.32 Å². The van der Waals surface area contributed by atoms with Gasteiger partial charge in [0, 0.05) is 53.3 Å². The molecule has 2 nitrogen and oxygen atoms in total. The van der Waals surface area contributed by atoms with E-state index in [2.05, 4.69) is 199 Å². The molecule has 0 saturated heterocycles. The van der Waals surface area contributed by atoms with E-state index in [1.807, 2.05) is 17.4 Å². The molecule has 0 atom stereocenters. The Hall–Kier alpha value is -6.94. The molecule has 2 heterocycles. The smallest absolute Gasteiger partial charge is 0.143 e. The largest absolute Gasteiger partial charge is 0.455 e. The predicted octanol–water partition coefficient (Wildman–Crippen LogP) is 15.6. The summed E-state index contributed by atoms with van der Waals surface area (Å²) in [7, 11) is 0. The van der Waals surface area contributed by atoms with E-state index in [0.29, 0.717) is 0 Å². The van der Waals surface area contributed by atoms with E-state index in [9.17, 15) is 0 Å². The lowest BCUT2D eigenvalue weighted by Crippen LogP contribution is -2.12. The first kappa shape index (κ1) is 31.6. The van der Waals surface area contributed by atoms with Crippen LogP contribution in [-0.2, 0) is 0 Å². The summed E-state index contributed by atoms with van der Waals surface area (Å²) in [4.78, 5) is 2.47. The fraction of sp³-hybridized carbons (Fsp3) is 0. The highest BCUT2D eigenvalue weighted by atomic mass is 32.1. The Labute approximate surface area is 322 Å². The summed E-state index contributed by atoms with van der Waals surface area (Å²) in [6, 6.07) is 72.3. The van der Waals surface area contributed by atoms with E-state index in [-0.39, 0.29) is 0 Å². The van der Waals surface area contributed by atoms with Crippen LogP contribution in [0.5, 0.6) is 0 Å². The van der Waals surface area contributed by atoms with Crippen LogP contribution in [0.4, 0.5) is 17.1 Å². The highest BCUT2D eigenvalue weighted by Gasteiger charge is 2.24. The van der Waals surface area contributed by atoms with Crippen molar-refractivity contribution in [3.05, 3.63) is 200 Å². The van der Waals surface area contributed by atoms with Crippen LogP contribution in [0.2, 0.25) is 0 Å². The molecule has 0 radical (unpaired) electrons. The van der Waals surface area contributed by atoms with Gasteiger partial charge in [0.05, 0.1) is 11.4 Å². The highest BCUT2D eigenvalue weighted by Crippen LogP contribution is 2.49. The summed E-state index contributed by atoms with van der Waals surface area (Å²) in [6.45, 7) is 0. The first-order valence-electron chi connectivity index (χ1n) is 18.7. The molecule has 0 aliphatic carbocycles. The third-order valence-corrected chi connectivity index (χ3v) is 12.0. The SMILES string of the molecule is c1ccc(-c2ccc(-c3cccc4ccccc34)cc2N(c2ccc3c(c2)sc2ccccc23)c2ccccc2-c2cccc3c2oc2ccccc23)cc1. The average Bonchev–Trinajstić information content (AvgIpc) is 3.82. The van der Waals surface area contributed by atoms with E-state index >= 15 is 0 Å². The van der Waals surface area contributed by atoms with Crippen molar-refractivity contribution in [3.63, 3.8) is 0 Å². The van der Waals surface area contributed by atoms with Gasteiger partial charge in [-0.15, -0.1) is 11.3 Å². The molecule has 3 heteroatoms. The minimum absolute atomic E-state index is 0.892. The molecule has 0 aliphatic rings. The maximum absolute atomic E-state index is 6.67. The molecule has 0 unspecified atom stereocenters. The van der Waals surface area contributed by atoms with Crippen molar-refractivity contribution >= 4 is 81.3 Å². The van der Waals surface area contributed by atoms with E-state index in [4.69, 9.17) is 4.42 Å². The molecule has 0 saturated carbocycles. The lowest BCUT2D eigenvalue weighted by Gasteiger charge is -2.30. The van der Waals surface area contributed by atoms with Crippen molar-refractivity contribution in [2.24, 2.45) is 0 Å². The van der Waals surface area contributed by atoms with Crippen LogP contribution in [0.15, 0.2) is 205 Å². The minimum atomic E-state index is 0.892. The summed E-state index contributed by atoms with van der Waals surface area (Å²) in [5.74, 6) is 0. The van der Waals surface area contributed by atoms with Gasteiger partial charge in [0.25, 0.3) is 0 Å². The van der Waals surface area contributed by atoms with Crippen LogP contribution < -0.4 is 4.90 Å². The zero-order chi connectivity index (χ0) is 36.3. The Morgan fingerprint density at radius 3 is 1.96 bits per heavy atom. The van der Waals surface area contributed by atoms with E-state index in [1.165, 1.54) is 36.5 Å². The number of hydrogen-bond acceptors (Lipinski definition) is 3. The summed E-state index contributed by atoms with van der Waals surface area (Å²) in [6.07, 6.45) is 0. The number of thiophene rings is 1. The lowest BCUT2D eigenvalue weighted by molar-refractivity contribution is 0.670. The normalized spacial score (nSPS) is 11.6. The molecule has 11 rings (SSSR count). The molecular weight excluding hydrogens is 687 g/mol. The Morgan fingerprint density at radius 2 is 1.04 bits per heavy atom. The molecule has 258 valence electrons. The van der Waals surface area contributed by atoms with Crippen molar-refractivity contribution in [1.82, 2.24) is 0 Å². The molecule has 0 bridgehead atoms. The molecule has 0 spiro atoms. The van der Waals surface area contributed by atoms with Crippen LogP contribution >= 0.6 is 11.3 Å². The molecule has 0 amide bonds. The van der Waals surface area contributed by atoms with Crippen LogP contribution in [0.3, 0.4) is 0 Å². The maximum atomic E-state index is 6.67. The van der Waals surface area contributed by atoms with Crippen LogP contribution in [0, 0.1) is 0 Å². The van der Waals surface area contributed by atoms with Gasteiger partial charge in [0.1, 0.15) is 11.2 Å². The second-order valence-corrected chi connectivity index (χ2v) is 15.1. The van der Waals surface area contributed by atoms with Gasteiger partial charge in [-0.3, -0.25) is 0 Å². The highest BCUT2D eigenvalue weighted by molar-refractivity contribution is 7.25. The molecule has 0 aliphatic heterocycles. The standard InChI is InChI=1S/C52H33NOS/c1-2-14-35(15-3-1)40-30-28-36(39-22-12-17-34-16-4-5-18-38(34)39)32-48(40)53(37-29-31-44-43-21-8-11-27-50(43)55-51(44)33-37)47-25-9-6-19-41(47)45-23-13-24-46-42-20-7-10-26-49(42)54-52(45)46/h1-33H.